The maximum Gasteiger partial charge on any atom is 0.0731 e. The normalized spacial score (nSPS) is 13.9. The van der Waals surface area contributed by atoms with Gasteiger partial charge in [0.25, 0.3) is 0 Å². The molecule has 2 rings (SSSR count). The number of fused-ring (bicyclic) bond motifs is 1. The zero-order valence-electron chi connectivity index (χ0n) is 15.4. The molecular weight excluding hydrogens is 318 g/mol. The molecule has 0 amide bonds. The quantitative estimate of drug-likeness (QED) is 0.553. The molecule has 2 aromatic carbocycles. The molecule has 3 heteroatoms. The zero-order chi connectivity index (χ0) is 18.8. The van der Waals surface area contributed by atoms with Gasteiger partial charge in [-0.05, 0) is 42.0 Å². The van der Waals surface area contributed by atoms with E-state index in [4.69, 9.17) is 0 Å². The molecule has 3 unspecified atom stereocenters. The molecule has 0 saturated carbocycles. The number of hydrogen-bond donors (Lipinski definition) is 0. The van der Waals surface area contributed by atoms with Gasteiger partial charge in [-0.25, -0.2) is 0 Å². The van der Waals surface area contributed by atoms with Crippen molar-refractivity contribution in [2.45, 2.75) is 51.4 Å². The first-order valence-corrected chi connectivity index (χ1v) is 9.40. The molecule has 0 fully saturated rings. The van der Waals surface area contributed by atoms with Gasteiger partial charge in [-0.1, -0.05) is 62.2 Å². The van der Waals surface area contributed by atoms with Crippen molar-refractivity contribution < 1.29 is 0 Å². The van der Waals surface area contributed by atoms with Gasteiger partial charge < -0.3 is 0 Å². The minimum absolute atomic E-state index is 0.0175. The summed E-state index contributed by atoms with van der Waals surface area (Å²) in [7, 11) is 0. The fraction of sp³-hybridized carbons (Fsp3) is 0.435. The van der Waals surface area contributed by atoms with Crippen LogP contribution in [0.3, 0.4) is 0 Å². The van der Waals surface area contributed by atoms with E-state index in [2.05, 4.69) is 25.1 Å². The number of hydrogen-bond acceptors (Lipinski definition) is 3. The second-order valence-corrected chi connectivity index (χ2v) is 6.86. The highest BCUT2D eigenvalue weighted by Gasteiger charge is 2.20. The molecule has 0 bridgehead atoms. The molecule has 26 heavy (non-hydrogen) atoms. The molecule has 0 heterocycles. The van der Waals surface area contributed by atoms with E-state index in [1.165, 1.54) is 0 Å². The lowest BCUT2D eigenvalue weighted by Gasteiger charge is -2.17. The van der Waals surface area contributed by atoms with E-state index in [-0.39, 0.29) is 17.8 Å². The Morgan fingerprint density at radius 2 is 1.50 bits per heavy atom. The number of nitriles is 3. The lowest BCUT2D eigenvalue weighted by Crippen LogP contribution is -2.08. The van der Waals surface area contributed by atoms with E-state index in [0.29, 0.717) is 12.8 Å². The molecule has 0 aromatic heterocycles. The van der Waals surface area contributed by atoms with Gasteiger partial charge in [0.15, 0.2) is 0 Å². The second kappa shape index (κ2) is 10.2. The van der Waals surface area contributed by atoms with Gasteiger partial charge in [-0.3, -0.25) is 0 Å². The first kappa shape index (κ1) is 19.5. The minimum Gasteiger partial charge on any atom is -0.198 e. The van der Waals surface area contributed by atoms with Gasteiger partial charge >= 0.3 is 0 Å². The van der Waals surface area contributed by atoms with Gasteiger partial charge in [0, 0.05) is 11.8 Å². The molecule has 3 nitrogen and oxygen atoms in total. The Bertz CT molecular complexity index is 830. The molecule has 2 aromatic rings. The Labute approximate surface area is 156 Å². The van der Waals surface area contributed by atoms with E-state index >= 15 is 0 Å². The minimum atomic E-state index is -0.304. The van der Waals surface area contributed by atoms with Crippen molar-refractivity contribution in [3.8, 4) is 18.2 Å². The van der Waals surface area contributed by atoms with Gasteiger partial charge in [0.1, 0.15) is 0 Å². The second-order valence-electron chi connectivity index (χ2n) is 6.86. The van der Waals surface area contributed by atoms with Crippen molar-refractivity contribution in [3.63, 3.8) is 0 Å². The first-order valence-electron chi connectivity index (χ1n) is 9.40. The molecule has 0 N–H and O–H groups in total. The van der Waals surface area contributed by atoms with Crippen molar-refractivity contribution in [1.29, 1.82) is 15.8 Å². The first-order chi connectivity index (χ1) is 12.7. The van der Waals surface area contributed by atoms with Crippen LogP contribution in [0, 0.1) is 45.8 Å². The highest BCUT2D eigenvalue weighted by atomic mass is 14.3. The van der Waals surface area contributed by atoms with Crippen LogP contribution in [-0.2, 0) is 0 Å². The van der Waals surface area contributed by atoms with Crippen molar-refractivity contribution in [2.75, 3.05) is 0 Å². The summed E-state index contributed by atoms with van der Waals surface area (Å²) >= 11 is 0. The highest BCUT2D eigenvalue weighted by Crippen LogP contribution is 2.31. The van der Waals surface area contributed by atoms with Crippen LogP contribution in [0.2, 0.25) is 0 Å². The van der Waals surface area contributed by atoms with E-state index in [0.717, 1.165) is 42.0 Å². The molecular formula is C23H25N3. The molecule has 0 radical (unpaired) electrons. The monoisotopic (exact) mass is 343 g/mol. The number of nitrogens with zero attached hydrogens (tertiary/aromatic N) is 3. The number of rotatable bonds is 9. The molecule has 0 spiro atoms. The van der Waals surface area contributed by atoms with E-state index in [1.54, 1.807) is 0 Å². The summed E-state index contributed by atoms with van der Waals surface area (Å²) in [6, 6.07) is 21.2. The fourth-order valence-electron chi connectivity index (χ4n) is 3.45. The summed E-state index contributed by atoms with van der Waals surface area (Å²) in [6.07, 6.45) is 4.97. The molecule has 0 aliphatic heterocycles. The van der Waals surface area contributed by atoms with Crippen molar-refractivity contribution in [2.24, 2.45) is 11.8 Å². The van der Waals surface area contributed by atoms with Crippen LogP contribution in [0.4, 0.5) is 0 Å². The molecule has 0 aliphatic rings. The van der Waals surface area contributed by atoms with Gasteiger partial charge in [-0.15, -0.1) is 0 Å². The Kier molecular flexibility index (Phi) is 7.67. The molecule has 0 saturated heterocycles. The third kappa shape index (κ3) is 5.08. The summed E-state index contributed by atoms with van der Waals surface area (Å²) in [5, 5.41) is 30.7. The Morgan fingerprint density at radius 1 is 0.808 bits per heavy atom. The Hall–Kier alpha value is -2.83. The van der Waals surface area contributed by atoms with Gasteiger partial charge in [0.05, 0.1) is 24.1 Å². The van der Waals surface area contributed by atoms with Crippen molar-refractivity contribution >= 4 is 10.8 Å². The Morgan fingerprint density at radius 3 is 2.19 bits per heavy atom. The van der Waals surface area contributed by atoms with Crippen LogP contribution < -0.4 is 0 Å². The SMILES string of the molecule is CCCCC(C#N)CCC(C#N)CC(C#N)c1cccc2ccccc12. The molecule has 3 atom stereocenters. The predicted octanol–water partition coefficient (Wildman–Crippen LogP) is 6.09. The lowest BCUT2D eigenvalue weighted by molar-refractivity contribution is 0.444. The predicted molar refractivity (Wildman–Crippen MR) is 104 cm³/mol. The standard InChI is InChI=1S/C23H25N3/c1-2-3-7-18(15-24)12-13-19(16-25)14-21(17-26)23-11-6-9-20-8-4-5-10-22(20)23/h4-6,8-11,18-19,21H,2-3,7,12-14H2,1H3. The summed E-state index contributed by atoms with van der Waals surface area (Å²) in [4.78, 5) is 0. The summed E-state index contributed by atoms with van der Waals surface area (Å²) in [6.45, 7) is 2.12. The number of unbranched alkanes of at least 4 members (excludes halogenated alkanes) is 1. The average molecular weight is 343 g/mol. The smallest absolute Gasteiger partial charge is 0.0731 e. The molecule has 0 aliphatic carbocycles. The van der Waals surface area contributed by atoms with Crippen LogP contribution in [0.1, 0.15) is 56.9 Å². The average Bonchev–Trinajstić information content (AvgIpc) is 2.70. The van der Waals surface area contributed by atoms with Gasteiger partial charge in [0.2, 0.25) is 0 Å². The largest absolute Gasteiger partial charge is 0.198 e. The van der Waals surface area contributed by atoms with Crippen LogP contribution in [0.15, 0.2) is 42.5 Å². The Balaban J connectivity index is 2.09. The fourth-order valence-corrected chi connectivity index (χ4v) is 3.45. The topological polar surface area (TPSA) is 71.4 Å². The lowest BCUT2D eigenvalue weighted by atomic mass is 9.84. The molecule has 132 valence electrons. The van der Waals surface area contributed by atoms with Crippen LogP contribution in [-0.4, -0.2) is 0 Å². The highest BCUT2D eigenvalue weighted by molar-refractivity contribution is 5.86. The van der Waals surface area contributed by atoms with Crippen molar-refractivity contribution in [1.82, 2.24) is 0 Å². The van der Waals surface area contributed by atoms with E-state index in [9.17, 15) is 15.8 Å². The van der Waals surface area contributed by atoms with E-state index < -0.39 is 0 Å². The van der Waals surface area contributed by atoms with E-state index in [1.807, 2.05) is 42.5 Å². The summed E-state index contributed by atoms with van der Waals surface area (Å²) in [5.41, 5.74) is 0.994. The summed E-state index contributed by atoms with van der Waals surface area (Å²) in [5.74, 6) is -0.484. The maximum atomic E-state index is 9.71. The number of benzene rings is 2. The zero-order valence-corrected chi connectivity index (χ0v) is 15.4. The van der Waals surface area contributed by atoms with Gasteiger partial charge in [-0.2, -0.15) is 15.8 Å². The van der Waals surface area contributed by atoms with Crippen molar-refractivity contribution in [3.05, 3.63) is 48.0 Å². The third-order valence-electron chi connectivity index (χ3n) is 5.01. The van der Waals surface area contributed by atoms with Crippen LogP contribution in [0.5, 0.6) is 0 Å². The summed E-state index contributed by atoms with van der Waals surface area (Å²) < 4.78 is 0. The van der Waals surface area contributed by atoms with Crippen LogP contribution in [0.25, 0.3) is 10.8 Å². The third-order valence-corrected chi connectivity index (χ3v) is 5.01. The van der Waals surface area contributed by atoms with Crippen LogP contribution >= 0.6 is 0 Å². The maximum absolute atomic E-state index is 9.71.